The third-order valence-corrected chi connectivity index (χ3v) is 3.47. The van der Waals surface area contributed by atoms with Crippen LogP contribution in [0.4, 0.5) is 0 Å². The van der Waals surface area contributed by atoms with Gasteiger partial charge in [0, 0.05) is 28.5 Å². The molecule has 0 unspecified atom stereocenters. The number of nitrogens with zero attached hydrogens (tertiary/aromatic N) is 1. The Balaban J connectivity index is 2.66. The van der Waals surface area contributed by atoms with Crippen LogP contribution in [-0.4, -0.2) is 42.4 Å². The Kier molecular flexibility index (Phi) is 7.64. The van der Waals surface area contributed by atoms with Gasteiger partial charge in [0.2, 0.25) is 0 Å². The van der Waals surface area contributed by atoms with Crippen molar-refractivity contribution in [3.63, 3.8) is 0 Å². The van der Waals surface area contributed by atoms with Crippen LogP contribution in [0.3, 0.4) is 0 Å². The smallest absolute Gasteiger partial charge is 0.253 e. The highest BCUT2D eigenvalue weighted by Crippen LogP contribution is 2.16. The third-order valence-electron chi connectivity index (χ3n) is 2.69. The summed E-state index contributed by atoms with van der Waals surface area (Å²) >= 11 is 6.73. The maximum atomic E-state index is 12.4. The molecule has 0 saturated carbocycles. The molecule has 3 nitrogen and oxygen atoms in total. The largest absolute Gasteiger partial charge is 0.379 e. The molecule has 0 spiro atoms. The first-order chi connectivity index (χ1) is 9.08. The summed E-state index contributed by atoms with van der Waals surface area (Å²) in [5, 5.41) is 0.817. The topological polar surface area (TPSA) is 29.5 Å². The molecule has 19 heavy (non-hydrogen) atoms. The number of hydrogen-bond donors (Lipinski definition) is 0. The van der Waals surface area contributed by atoms with E-state index in [9.17, 15) is 4.79 Å². The van der Waals surface area contributed by atoms with Crippen LogP contribution >= 0.6 is 31.9 Å². The molecule has 0 aliphatic heterocycles. The van der Waals surface area contributed by atoms with Crippen LogP contribution in [0.1, 0.15) is 22.8 Å². The molecule has 0 bridgehead atoms. The Labute approximate surface area is 131 Å². The van der Waals surface area contributed by atoms with Crippen LogP contribution in [0.15, 0.2) is 22.7 Å². The second kappa shape index (κ2) is 8.72. The summed E-state index contributed by atoms with van der Waals surface area (Å²) in [6.07, 6.45) is 0. The molecule has 0 aliphatic carbocycles. The number of rotatable bonds is 7. The maximum Gasteiger partial charge on any atom is 0.253 e. The molecule has 1 aromatic carbocycles. The van der Waals surface area contributed by atoms with E-state index in [2.05, 4.69) is 31.9 Å². The standard InChI is InChI=1S/C14H19Br2NO2/c1-3-17(5-7-19-6-4-15)14(18)12-8-11(2)9-13(16)10-12/h8-10H,3-7H2,1-2H3. The van der Waals surface area contributed by atoms with Crippen molar-refractivity contribution in [1.29, 1.82) is 0 Å². The molecule has 1 rings (SSSR count). The lowest BCUT2D eigenvalue weighted by molar-refractivity contribution is 0.0672. The van der Waals surface area contributed by atoms with E-state index in [1.54, 1.807) is 4.90 Å². The van der Waals surface area contributed by atoms with E-state index in [0.29, 0.717) is 31.9 Å². The number of benzene rings is 1. The van der Waals surface area contributed by atoms with Crippen molar-refractivity contribution in [3.05, 3.63) is 33.8 Å². The summed E-state index contributed by atoms with van der Waals surface area (Å²) in [6, 6.07) is 5.76. The number of aryl methyl sites for hydroxylation is 1. The fraction of sp³-hybridized carbons (Fsp3) is 0.500. The highest BCUT2D eigenvalue weighted by molar-refractivity contribution is 9.10. The zero-order valence-corrected chi connectivity index (χ0v) is 14.5. The Morgan fingerprint density at radius 1 is 1.32 bits per heavy atom. The van der Waals surface area contributed by atoms with Crippen LogP contribution in [0.25, 0.3) is 0 Å². The highest BCUT2D eigenvalue weighted by Gasteiger charge is 2.14. The summed E-state index contributed by atoms with van der Waals surface area (Å²) in [5.41, 5.74) is 1.79. The van der Waals surface area contributed by atoms with Gasteiger partial charge in [0.1, 0.15) is 0 Å². The monoisotopic (exact) mass is 391 g/mol. The van der Waals surface area contributed by atoms with Gasteiger partial charge in [-0.25, -0.2) is 0 Å². The number of alkyl halides is 1. The lowest BCUT2D eigenvalue weighted by Gasteiger charge is -2.21. The van der Waals surface area contributed by atoms with Gasteiger partial charge in [0.25, 0.3) is 5.91 Å². The molecule has 0 aliphatic rings. The molecule has 0 N–H and O–H groups in total. The lowest BCUT2D eigenvalue weighted by atomic mass is 10.1. The number of amides is 1. The number of likely N-dealkylation sites (N-methyl/N-ethyl adjacent to an activating group) is 1. The van der Waals surface area contributed by atoms with Gasteiger partial charge in [-0.15, -0.1) is 0 Å². The van der Waals surface area contributed by atoms with Crippen LogP contribution in [0.5, 0.6) is 0 Å². The van der Waals surface area contributed by atoms with E-state index in [1.807, 2.05) is 32.0 Å². The number of hydrogen-bond acceptors (Lipinski definition) is 2. The lowest BCUT2D eigenvalue weighted by Crippen LogP contribution is -2.34. The number of ether oxygens (including phenoxy) is 1. The van der Waals surface area contributed by atoms with Crippen molar-refractivity contribution in [2.24, 2.45) is 0 Å². The summed E-state index contributed by atoms with van der Waals surface area (Å²) in [7, 11) is 0. The first-order valence-electron chi connectivity index (χ1n) is 6.28. The van der Waals surface area contributed by atoms with Crippen molar-refractivity contribution in [3.8, 4) is 0 Å². The van der Waals surface area contributed by atoms with Crippen LogP contribution in [0.2, 0.25) is 0 Å². The number of carbonyl (C=O) groups excluding carboxylic acids is 1. The molecular formula is C14H19Br2NO2. The van der Waals surface area contributed by atoms with E-state index in [0.717, 1.165) is 15.4 Å². The van der Waals surface area contributed by atoms with Gasteiger partial charge in [-0.1, -0.05) is 31.9 Å². The second-order valence-corrected chi connectivity index (χ2v) is 5.91. The normalized spacial score (nSPS) is 10.5. The van der Waals surface area contributed by atoms with Gasteiger partial charge in [0.15, 0.2) is 0 Å². The summed E-state index contributed by atoms with van der Waals surface area (Å²) in [6.45, 7) is 6.50. The Hall–Kier alpha value is -0.390. The van der Waals surface area contributed by atoms with E-state index >= 15 is 0 Å². The molecule has 5 heteroatoms. The minimum atomic E-state index is 0.0503. The fourth-order valence-electron chi connectivity index (χ4n) is 1.78. The Morgan fingerprint density at radius 2 is 2.05 bits per heavy atom. The SMILES string of the molecule is CCN(CCOCCBr)C(=O)c1cc(C)cc(Br)c1. The summed E-state index contributed by atoms with van der Waals surface area (Å²) < 4.78 is 6.33. The predicted octanol–water partition coefficient (Wildman–Crippen LogP) is 3.63. The molecule has 0 atom stereocenters. The van der Waals surface area contributed by atoms with Crippen molar-refractivity contribution in [2.75, 3.05) is 31.6 Å². The molecule has 0 heterocycles. The van der Waals surface area contributed by atoms with Crippen molar-refractivity contribution < 1.29 is 9.53 Å². The van der Waals surface area contributed by atoms with E-state index in [1.165, 1.54) is 0 Å². The minimum absolute atomic E-state index is 0.0503. The maximum absolute atomic E-state index is 12.4. The predicted molar refractivity (Wildman–Crippen MR) is 85.1 cm³/mol. The van der Waals surface area contributed by atoms with Crippen LogP contribution < -0.4 is 0 Å². The minimum Gasteiger partial charge on any atom is -0.379 e. The first kappa shape index (κ1) is 16.7. The Bertz CT molecular complexity index is 404. The third kappa shape index (κ3) is 5.63. The molecule has 0 aromatic heterocycles. The van der Waals surface area contributed by atoms with Crippen molar-refractivity contribution in [2.45, 2.75) is 13.8 Å². The van der Waals surface area contributed by atoms with Gasteiger partial charge in [0.05, 0.1) is 13.2 Å². The van der Waals surface area contributed by atoms with E-state index < -0.39 is 0 Å². The van der Waals surface area contributed by atoms with E-state index in [4.69, 9.17) is 4.74 Å². The molecule has 106 valence electrons. The van der Waals surface area contributed by atoms with Gasteiger partial charge in [-0.05, 0) is 37.6 Å². The Morgan fingerprint density at radius 3 is 2.63 bits per heavy atom. The highest BCUT2D eigenvalue weighted by atomic mass is 79.9. The average Bonchev–Trinajstić information content (AvgIpc) is 2.37. The van der Waals surface area contributed by atoms with Crippen LogP contribution in [0, 0.1) is 6.92 Å². The zero-order chi connectivity index (χ0) is 14.3. The first-order valence-corrected chi connectivity index (χ1v) is 8.20. The van der Waals surface area contributed by atoms with Crippen molar-refractivity contribution >= 4 is 37.8 Å². The number of carbonyl (C=O) groups is 1. The molecule has 0 saturated heterocycles. The molecule has 0 radical (unpaired) electrons. The van der Waals surface area contributed by atoms with Gasteiger partial charge in [-0.2, -0.15) is 0 Å². The van der Waals surface area contributed by atoms with Crippen LogP contribution in [-0.2, 0) is 4.74 Å². The average molecular weight is 393 g/mol. The van der Waals surface area contributed by atoms with Gasteiger partial charge < -0.3 is 9.64 Å². The number of halogens is 2. The molecule has 0 fully saturated rings. The zero-order valence-electron chi connectivity index (χ0n) is 11.3. The summed E-state index contributed by atoms with van der Waals surface area (Å²) in [5.74, 6) is 0.0503. The second-order valence-electron chi connectivity index (χ2n) is 4.20. The van der Waals surface area contributed by atoms with Gasteiger partial charge >= 0.3 is 0 Å². The molecule has 1 amide bonds. The van der Waals surface area contributed by atoms with Gasteiger partial charge in [-0.3, -0.25) is 4.79 Å². The van der Waals surface area contributed by atoms with Crippen molar-refractivity contribution in [1.82, 2.24) is 4.90 Å². The summed E-state index contributed by atoms with van der Waals surface area (Å²) in [4.78, 5) is 14.2. The quantitative estimate of drug-likeness (QED) is 0.523. The molecular weight excluding hydrogens is 374 g/mol. The van der Waals surface area contributed by atoms with E-state index in [-0.39, 0.29) is 5.91 Å². The molecule has 1 aromatic rings. The fourth-order valence-corrected chi connectivity index (χ4v) is 2.61.